The third kappa shape index (κ3) is 5.59. The molecule has 0 saturated carbocycles. The van der Waals surface area contributed by atoms with Crippen LogP contribution in [0.4, 0.5) is 0 Å². The second-order valence-corrected chi connectivity index (χ2v) is 3.79. The molecule has 17 heavy (non-hydrogen) atoms. The van der Waals surface area contributed by atoms with E-state index in [9.17, 15) is 0 Å². The molecule has 0 amide bonds. The maximum atomic E-state index is 5.72. The molecule has 0 aliphatic heterocycles. The number of ether oxygens (including phenoxy) is 2. The molecular formula is C14H23NO2. The monoisotopic (exact) mass is 237 g/mol. The van der Waals surface area contributed by atoms with Crippen molar-refractivity contribution in [2.24, 2.45) is 0 Å². The van der Waals surface area contributed by atoms with Gasteiger partial charge in [-0.2, -0.15) is 0 Å². The summed E-state index contributed by atoms with van der Waals surface area (Å²) in [6.07, 6.45) is 2.21. The molecule has 0 aliphatic carbocycles. The van der Waals surface area contributed by atoms with Crippen molar-refractivity contribution < 1.29 is 9.47 Å². The largest absolute Gasteiger partial charge is 0.490 e. The van der Waals surface area contributed by atoms with Gasteiger partial charge in [-0.3, -0.25) is 0 Å². The molecule has 0 aromatic heterocycles. The summed E-state index contributed by atoms with van der Waals surface area (Å²) in [6.45, 7) is 7.61. The normalized spacial score (nSPS) is 10.2. The Kier molecular flexibility index (Phi) is 7.23. The van der Waals surface area contributed by atoms with E-state index in [1.165, 1.54) is 0 Å². The molecule has 0 atom stereocenters. The van der Waals surface area contributed by atoms with Gasteiger partial charge < -0.3 is 14.8 Å². The van der Waals surface area contributed by atoms with Crippen LogP contribution in [-0.2, 0) is 0 Å². The van der Waals surface area contributed by atoms with Gasteiger partial charge in [0.2, 0.25) is 0 Å². The van der Waals surface area contributed by atoms with Crippen LogP contribution in [0.1, 0.15) is 26.7 Å². The first-order valence-electron chi connectivity index (χ1n) is 6.43. The van der Waals surface area contributed by atoms with Crippen LogP contribution in [0.2, 0.25) is 0 Å². The molecular weight excluding hydrogens is 214 g/mol. The predicted octanol–water partition coefficient (Wildman–Crippen LogP) is 2.85. The lowest BCUT2D eigenvalue weighted by Crippen LogP contribution is -2.14. The highest BCUT2D eigenvalue weighted by molar-refractivity contribution is 5.39. The summed E-state index contributed by atoms with van der Waals surface area (Å²) in [5, 5.41) is 3.30. The molecule has 0 heterocycles. The van der Waals surface area contributed by atoms with E-state index in [-0.39, 0.29) is 0 Å². The van der Waals surface area contributed by atoms with Crippen LogP contribution in [0, 0.1) is 0 Å². The number of benzene rings is 1. The van der Waals surface area contributed by atoms with Gasteiger partial charge in [0.15, 0.2) is 11.5 Å². The minimum absolute atomic E-state index is 0.667. The van der Waals surface area contributed by atoms with Gasteiger partial charge in [0, 0.05) is 0 Å². The smallest absolute Gasteiger partial charge is 0.161 e. The van der Waals surface area contributed by atoms with E-state index in [4.69, 9.17) is 9.47 Å². The highest BCUT2D eigenvalue weighted by Gasteiger charge is 2.02. The number of unbranched alkanes of at least 4 members (excludes halogenated alkanes) is 1. The molecule has 0 bridgehead atoms. The zero-order chi connectivity index (χ0) is 12.3. The van der Waals surface area contributed by atoms with Crippen molar-refractivity contribution in [1.82, 2.24) is 5.32 Å². The van der Waals surface area contributed by atoms with E-state index in [1.54, 1.807) is 0 Å². The van der Waals surface area contributed by atoms with Crippen molar-refractivity contribution in [1.29, 1.82) is 0 Å². The fourth-order valence-electron chi connectivity index (χ4n) is 1.56. The topological polar surface area (TPSA) is 30.5 Å². The van der Waals surface area contributed by atoms with Crippen molar-refractivity contribution in [3.63, 3.8) is 0 Å². The van der Waals surface area contributed by atoms with Gasteiger partial charge >= 0.3 is 0 Å². The predicted molar refractivity (Wildman–Crippen MR) is 70.9 cm³/mol. The van der Waals surface area contributed by atoms with Crippen LogP contribution in [0.5, 0.6) is 11.5 Å². The third-order valence-electron chi connectivity index (χ3n) is 2.40. The molecule has 1 N–H and O–H groups in total. The van der Waals surface area contributed by atoms with Gasteiger partial charge in [-0.1, -0.05) is 19.1 Å². The summed E-state index contributed by atoms with van der Waals surface area (Å²) in [5.74, 6) is 1.68. The lowest BCUT2D eigenvalue weighted by atomic mass is 10.3. The quantitative estimate of drug-likeness (QED) is 0.670. The first kappa shape index (κ1) is 13.8. The molecule has 0 aliphatic rings. The van der Waals surface area contributed by atoms with E-state index in [1.807, 2.05) is 31.2 Å². The van der Waals surface area contributed by atoms with Crippen molar-refractivity contribution in [2.45, 2.75) is 26.7 Å². The summed E-state index contributed by atoms with van der Waals surface area (Å²) < 4.78 is 11.2. The molecule has 1 aromatic carbocycles. The van der Waals surface area contributed by atoms with E-state index < -0.39 is 0 Å². The molecule has 0 fully saturated rings. The van der Waals surface area contributed by atoms with Gasteiger partial charge in [-0.25, -0.2) is 0 Å². The second-order valence-electron chi connectivity index (χ2n) is 3.79. The van der Waals surface area contributed by atoms with Crippen LogP contribution >= 0.6 is 0 Å². The highest BCUT2D eigenvalue weighted by atomic mass is 16.5. The number of para-hydroxylation sites is 2. The Labute approximate surface area is 104 Å². The average Bonchev–Trinajstić information content (AvgIpc) is 2.36. The zero-order valence-electron chi connectivity index (χ0n) is 10.9. The van der Waals surface area contributed by atoms with Gasteiger partial charge in [0.25, 0.3) is 0 Å². The average molecular weight is 237 g/mol. The lowest BCUT2D eigenvalue weighted by Gasteiger charge is -2.11. The lowest BCUT2D eigenvalue weighted by molar-refractivity contribution is 0.271. The van der Waals surface area contributed by atoms with Crippen LogP contribution in [0.15, 0.2) is 24.3 Å². The standard InChI is InChI=1S/C14H23NO2/c1-3-15-11-7-8-12-17-14-10-6-5-9-13(14)16-4-2/h5-6,9-10,15H,3-4,7-8,11-12H2,1-2H3. The molecule has 1 rings (SSSR count). The fraction of sp³-hybridized carbons (Fsp3) is 0.571. The first-order valence-corrected chi connectivity index (χ1v) is 6.43. The summed E-state index contributed by atoms with van der Waals surface area (Å²) >= 11 is 0. The van der Waals surface area contributed by atoms with Crippen LogP contribution in [0.25, 0.3) is 0 Å². The minimum atomic E-state index is 0.667. The first-order chi connectivity index (χ1) is 8.38. The fourth-order valence-corrected chi connectivity index (χ4v) is 1.56. The molecule has 0 spiro atoms. The molecule has 0 unspecified atom stereocenters. The summed E-state index contributed by atoms with van der Waals surface area (Å²) in [6, 6.07) is 7.83. The summed E-state index contributed by atoms with van der Waals surface area (Å²) in [4.78, 5) is 0. The summed E-state index contributed by atoms with van der Waals surface area (Å²) in [5.41, 5.74) is 0. The SMILES string of the molecule is CCNCCCCOc1ccccc1OCC. The molecule has 1 aromatic rings. The van der Waals surface area contributed by atoms with Gasteiger partial charge in [0.1, 0.15) is 0 Å². The van der Waals surface area contributed by atoms with Crippen LogP contribution < -0.4 is 14.8 Å². The van der Waals surface area contributed by atoms with Crippen LogP contribution in [0.3, 0.4) is 0 Å². The Hall–Kier alpha value is -1.22. The summed E-state index contributed by atoms with van der Waals surface area (Å²) in [7, 11) is 0. The minimum Gasteiger partial charge on any atom is -0.490 e. The molecule has 0 saturated heterocycles. The van der Waals surface area contributed by atoms with Crippen molar-refractivity contribution in [3.8, 4) is 11.5 Å². The van der Waals surface area contributed by atoms with E-state index >= 15 is 0 Å². The maximum absolute atomic E-state index is 5.72. The Morgan fingerprint density at radius 2 is 1.71 bits per heavy atom. The van der Waals surface area contributed by atoms with Crippen molar-refractivity contribution >= 4 is 0 Å². The van der Waals surface area contributed by atoms with E-state index in [2.05, 4.69) is 12.2 Å². The molecule has 96 valence electrons. The number of hydrogen-bond acceptors (Lipinski definition) is 3. The Bertz CT molecular complexity index is 302. The maximum Gasteiger partial charge on any atom is 0.161 e. The number of rotatable bonds is 9. The van der Waals surface area contributed by atoms with Gasteiger partial charge in [-0.15, -0.1) is 0 Å². The molecule has 3 heteroatoms. The Morgan fingerprint density at radius 3 is 2.35 bits per heavy atom. The highest BCUT2D eigenvalue weighted by Crippen LogP contribution is 2.26. The zero-order valence-corrected chi connectivity index (χ0v) is 10.9. The number of hydrogen-bond donors (Lipinski definition) is 1. The van der Waals surface area contributed by atoms with Crippen molar-refractivity contribution in [2.75, 3.05) is 26.3 Å². The van der Waals surface area contributed by atoms with Crippen molar-refractivity contribution in [3.05, 3.63) is 24.3 Å². The Morgan fingerprint density at radius 1 is 1.00 bits per heavy atom. The van der Waals surface area contributed by atoms with Crippen LogP contribution in [-0.4, -0.2) is 26.3 Å². The third-order valence-corrected chi connectivity index (χ3v) is 2.40. The van der Waals surface area contributed by atoms with Gasteiger partial charge in [-0.05, 0) is 45.0 Å². The second kappa shape index (κ2) is 8.88. The molecule has 0 radical (unpaired) electrons. The van der Waals surface area contributed by atoms with E-state index in [0.29, 0.717) is 6.61 Å². The van der Waals surface area contributed by atoms with E-state index in [0.717, 1.165) is 44.0 Å². The number of nitrogens with one attached hydrogen (secondary N) is 1. The Balaban J connectivity index is 2.25. The van der Waals surface area contributed by atoms with Gasteiger partial charge in [0.05, 0.1) is 13.2 Å². The molecule has 3 nitrogen and oxygen atoms in total.